The third kappa shape index (κ3) is 4.50. The molecule has 136 valence electrons. The van der Waals surface area contributed by atoms with Crippen molar-refractivity contribution in [1.29, 1.82) is 0 Å². The second kappa shape index (κ2) is 8.16. The van der Waals surface area contributed by atoms with E-state index in [-0.39, 0.29) is 18.4 Å². The highest BCUT2D eigenvalue weighted by molar-refractivity contribution is 6.33. The summed E-state index contributed by atoms with van der Waals surface area (Å²) in [6.07, 6.45) is 2.62. The first kappa shape index (κ1) is 18.2. The monoisotopic (exact) mass is 374 g/mol. The molecular weight excluding hydrogens is 356 g/mol. The summed E-state index contributed by atoms with van der Waals surface area (Å²) >= 11 is 6.04. The van der Waals surface area contributed by atoms with E-state index in [0.29, 0.717) is 47.2 Å². The van der Waals surface area contributed by atoms with Crippen molar-refractivity contribution in [3.05, 3.63) is 64.6 Å². The van der Waals surface area contributed by atoms with E-state index in [2.05, 4.69) is 5.32 Å². The van der Waals surface area contributed by atoms with Crippen molar-refractivity contribution in [1.82, 2.24) is 9.80 Å². The van der Waals surface area contributed by atoms with Crippen LogP contribution in [0.3, 0.4) is 0 Å². The van der Waals surface area contributed by atoms with E-state index >= 15 is 0 Å². The second-order valence-corrected chi connectivity index (χ2v) is 6.45. The number of rotatable bonds is 4. The van der Waals surface area contributed by atoms with Crippen LogP contribution in [0, 0.1) is 5.21 Å². The molecule has 0 atom stereocenters. The number of carbonyl (C=O) groups excluding carboxylic acids is 2. The Hall–Kier alpha value is -2.64. The number of para-hydroxylation sites is 1. The Labute approximate surface area is 156 Å². The summed E-state index contributed by atoms with van der Waals surface area (Å²) in [5, 5.41) is 14.4. The molecule has 26 heavy (non-hydrogen) atoms. The highest BCUT2D eigenvalue weighted by atomic mass is 35.5. The fourth-order valence-electron chi connectivity index (χ4n) is 2.80. The topological polar surface area (TPSA) is 79.6 Å². The number of carbonyl (C=O) groups is 2. The minimum Gasteiger partial charge on any atom is -0.619 e. The molecule has 1 aliphatic rings. The van der Waals surface area contributed by atoms with Crippen molar-refractivity contribution in [2.75, 3.05) is 38.0 Å². The van der Waals surface area contributed by atoms with Crippen molar-refractivity contribution in [3.8, 4) is 0 Å². The Morgan fingerprint density at radius 1 is 1.08 bits per heavy atom. The van der Waals surface area contributed by atoms with E-state index in [1.807, 2.05) is 11.0 Å². The van der Waals surface area contributed by atoms with Crippen LogP contribution in [0.1, 0.15) is 10.4 Å². The third-order valence-corrected chi connectivity index (χ3v) is 4.55. The van der Waals surface area contributed by atoms with Crippen LogP contribution in [-0.2, 0) is 4.79 Å². The molecule has 0 aliphatic carbocycles. The van der Waals surface area contributed by atoms with Gasteiger partial charge in [0.1, 0.15) is 0 Å². The first-order chi connectivity index (χ1) is 12.5. The van der Waals surface area contributed by atoms with Crippen LogP contribution in [0.25, 0.3) is 0 Å². The lowest BCUT2D eigenvalue weighted by Gasteiger charge is -2.34. The van der Waals surface area contributed by atoms with Crippen molar-refractivity contribution >= 4 is 29.1 Å². The van der Waals surface area contributed by atoms with Gasteiger partial charge in [0.2, 0.25) is 5.91 Å². The van der Waals surface area contributed by atoms with Gasteiger partial charge in [0.25, 0.3) is 5.91 Å². The van der Waals surface area contributed by atoms with Crippen LogP contribution in [0.5, 0.6) is 0 Å². The summed E-state index contributed by atoms with van der Waals surface area (Å²) in [6, 6.07) is 10.1. The van der Waals surface area contributed by atoms with Gasteiger partial charge in [0.05, 0.1) is 22.8 Å². The number of amides is 2. The Kier molecular flexibility index (Phi) is 5.70. The molecule has 2 amide bonds. The standard InChI is InChI=1S/C18H19ClN4O3/c19-15-3-1-2-4-16(15)20-17(24)13-21-9-11-22(12-10-21)18(25)14-5-7-23(26)8-6-14/h1-8H,9-13H2,(H,20,24). The number of halogens is 1. The molecule has 0 spiro atoms. The Morgan fingerprint density at radius 2 is 1.73 bits per heavy atom. The normalized spacial score (nSPS) is 14.9. The van der Waals surface area contributed by atoms with Gasteiger partial charge in [-0.2, -0.15) is 4.73 Å². The molecule has 2 heterocycles. The molecule has 0 saturated carbocycles. The minimum absolute atomic E-state index is 0.106. The average molecular weight is 375 g/mol. The van der Waals surface area contributed by atoms with E-state index in [9.17, 15) is 14.8 Å². The summed E-state index contributed by atoms with van der Waals surface area (Å²) in [5.41, 5.74) is 1.08. The first-order valence-corrected chi connectivity index (χ1v) is 8.65. The van der Waals surface area contributed by atoms with Gasteiger partial charge < -0.3 is 15.4 Å². The third-order valence-electron chi connectivity index (χ3n) is 4.22. The second-order valence-electron chi connectivity index (χ2n) is 6.04. The van der Waals surface area contributed by atoms with Gasteiger partial charge >= 0.3 is 0 Å². The van der Waals surface area contributed by atoms with Crippen LogP contribution >= 0.6 is 11.6 Å². The van der Waals surface area contributed by atoms with Crippen LogP contribution in [0.15, 0.2) is 48.8 Å². The SMILES string of the molecule is O=C(CN1CCN(C(=O)c2cc[n+]([O-])cc2)CC1)Nc1ccccc1Cl. The lowest BCUT2D eigenvalue weighted by molar-refractivity contribution is -0.605. The number of aromatic nitrogens is 1. The predicted octanol–water partition coefficient (Wildman–Crippen LogP) is 1.37. The summed E-state index contributed by atoms with van der Waals surface area (Å²) in [5.74, 6) is -0.244. The van der Waals surface area contributed by atoms with Gasteiger partial charge in [-0.25, -0.2) is 0 Å². The highest BCUT2D eigenvalue weighted by Gasteiger charge is 2.23. The average Bonchev–Trinajstić information content (AvgIpc) is 2.64. The van der Waals surface area contributed by atoms with E-state index in [0.717, 1.165) is 0 Å². The molecule has 7 nitrogen and oxygen atoms in total. The maximum atomic E-state index is 12.4. The van der Waals surface area contributed by atoms with Crippen LogP contribution in [0.2, 0.25) is 5.02 Å². The number of benzene rings is 1. The molecule has 2 aromatic rings. The highest BCUT2D eigenvalue weighted by Crippen LogP contribution is 2.20. The van der Waals surface area contributed by atoms with Crippen molar-refractivity contribution in [3.63, 3.8) is 0 Å². The first-order valence-electron chi connectivity index (χ1n) is 8.28. The molecule has 1 aromatic carbocycles. The molecular formula is C18H19ClN4O3. The summed E-state index contributed by atoms with van der Waals surface area (Å²) in [4.78, 5) is 28.3. The Balaban J connectivity index is 1.49. The zero-order chi connectivity index (χ0) is 18.5. The number of piperazine rings is 1. The lowest BCUT2D eigenvalue weighted by Crippen LogP contribution is -2.50. The van der Waals surface area contributed by atoms with E-state index in [1.54, 1.807) is 23.1 Å². The van der Waals surface area contributed by atoms with Gasteiger partial charge in [-0.3, -0.25) is 14.5 Å². The van der Waals surface area contributed by atoms with Crippen molar-refractivity contribution in [2.24, 2.45) is 0 Å². The molecule has 1 N–H and O–H groups in total. The summed E-state index contributed by atoms with van der Waals surface area (Å²) in [7, 11) is 0. The van der Waals surface area contributed by atoms with Crippen molar-refractivity contribution < 1.29 is 14.3 Å². The molecule has 0 unspecified atom stereocenters. The number of pyridine rings is 1. The molecule has 0 radical (unpaired) electrons. The number of nitrogens with one attached hydrogen (secondary N) is 1. The number of hydrogen-bond acceptors (Lipinski definition) is 4. The molecule has 0 bridgehead atoms. The van der Waals surface area contributed by atoms with Gasteiger partial charge in [0.15, 0.2) is 12.4 Å². The molecule has 8 heteroatoms. The van der Waals surface area contributed by atoms with Gasteiger partial charge in [-0.1, -0.05) is 23.7 Å². The maximum Gasteiger partial charge on any atom is 0.254 e. The molecule has 1 saturated heterocycles. The molecule has 3 rings (SSSR count). The Morgan fingerprint density at radius 3 is 2.38 bits per heavy atom. The fraction of sp³-hybridized carbons (Fsp3) is 0.278. The zero-order valence-electron chi connectivity index (χ0n) is 14.1. The van der Waals surface area contributed by atoms with Crippen LogP contribution < -0.4 is 10.0 Å². The maximum absolute atomic E-state index is 12.4. The molecule has 1 aliphatic heterocycles. The smallest absolute Gasteiger partial charge is 0.254 e. The van der Waals surface area contributed by atoms with Crippen molar-refractivity contribution in [2.45, 2.75) is 0 Å². The largest absolute Gasteiger partial charge is 0.619 e. The zero-order valence-corrected chi connectivity index (χ0v) is 14.9. The number of nitrogens with zero attached hydrogens (tertiary/aromatic N) is 3. The van der Waals surface area contributed by atoms with Crippen LogP contribution in [0.4, 0.5) is 5.69 Å². The van der Waals surface area contributed by atoms with Gasteiger partial charge in [-0.05, 0) is 12.1 Å². The number of hydrogen-bond donors (Lipinski definition) is 1. The molecule has 1 aromatic heterocycles. The van der Waals surface area contributed by atoms with Gasteiger partial charge in [-0.15, -0.1) is 0 Å². The summed E-state index contributed by atoms with van der Waals surface area (Å²) < 4.78 is 0.645. The lowest BCUT2D eigenvalue weighted by atomic mass is 10.2. The van der Waals surface area contributed by atoms with Gasteiger partial charge in [0, 0.05) is 38.3 Å². The Bertz CT molecular complexity index is 789. The summed E-state index contributed by atoms with van der Waals surface area (Å²) in [6.45, 7) is 2.52. The van der Waals surface area contributed by atoms with E-state index in [1.165, 1.54) is 24.5 Å². The predicted molar refractivity (Wildman–Crippen MR) is 97.8 cm³/mol. The fourth-order valence-corrected chi connectivity index (χ4v) is 2.99. The quantitative estimate of drug-likeness (QED) is 0.647. The number of anilines is 1. The van der Waals surface area contributed by atoms with E-state index < -0.39 is 0 Å². The van der Waals surface area contributed by atoms with E-state index in [4.69, 9.17) is 11.6 Å². The molecule has 1 fully saturated rings. The van der Waals surface area contributed by atoms with Crippen LogP contribution in [-0.4, -0.2) is 54.3 Å². The minimum atomic E-state index is -0.138.